The number of aryl methyl sites for hydroxylation is 2. The van der Waals surface area contributed by atoms with Gasteiger partial charge in [0.1, 0.15) is 17.0 Å². The van der Waals surface area contributed by atoms with Crippen LogP contribution in [0.25, 0.3) is 33.3 Å². The zero-order valence-electron chi connectivity index (χ0n) is 18.7. The molecule has 0 aliphatic rings. The monoisotopic (exact) mass is 472 g/mol. The van der Waals surface area contributed by atoms with Gasteiger partial charge in [-0.15, -0.1) is 0 Å². The maximum Gasteiger partial charge on any atom is 0.339 e. The molecule has 0 radical (unpaired) electrons. The topological polar surface area (TPSA) is 114 Å². The van der Waals surface area contributed by atoms with E-state index in [2.05, 4.69) is 9.97 Å². The van der Waals surface area contributed by atoms with Crippen LogP contribution in [0.3, 0.4) is 0 Å². The van der Waals surface area contributed by atoms with Crippen LogP contribution in [0.5, 0.6) is 5.75 Å². The number of phenols is 1. The smallest absolute Gasteiger partial charge is 0.339 e. The van der Waals surface area contributed by atoms with Crippen LogP contribution in [0, 0.1) is 25.5 Å². The number of aromatic hydroxyl groups is 1. The van der Waals surface area contributed by atoms with Crippen molar-refractivity contribution in [1.82, 2.24) is 19.5 Å². The molecule has 0 amide bonds. The van der Waals surface area contributed by atoms with Gasteiger partial charge in [0.05, 0.1) is 17.6 Å². The first-order chi connectivity index (χ1) is 16.3. The summed E-state index contributed by atoms with van der Waals surface area (Å²) >= 11 is 5.44. The van der Waals surface area contributed by atoms with Gasteiger partial charge in [0, 0.05) is 34.5 Å². The van der Waals surface area contributed by atoms with Crippen molar-refractivity contribution in [1.29, 1.82) is 0 Å². The molecular formula is C25H20N4O4S. The van der Waals surface area contributed by atoms with E-state index in [1.807, 2.05) is 19.1 Å². The van der Waals surface area contributed by atoms with Crippen LogP contribution in [0.2, 0.25) is 0 Å². The van der Waals surface area contributed by atoms with Crippen molar-refractivity contribution in [3.63, 3.8) is 0 Å². The molecule has 0 fully saturated rings. The highest BCUT2D eigenvalue weighted by Crippen LogP contribution is 2.38. The fraction of sp³-hybridized carbons (Fsp3) is 0.160. The summed E-state index contributed by atoms with van der Waals surface area (Å²) in [5.41, 5.74) is 3.48. The molecule has 5 rings (SSSR count). The Morgan fingerprint density at radius 2 is 1.88 bits per heavy atom. The fourth-order valence-corrected chi connectivity index (χ4v) is 4.29. The molecule has 0 unspecified atom stereocenters. The lowest BCUT2D eigenvalue weighted by atomic mass is 9.98. The third kappa shape index (κ3) is 3.41. The van der Waals surface area contributed by atoms with Crippen LogP contribution < -0.4 is 11.2 Å². The molecule has 0 saturated carbocycles. The Kier molecular flexibility index (Phi) is 5.13. The molecule has 0 aliphatic carbocycles. The van der Waals surface area contributed by atoms with Crippen LogP contribution in [0.15, 0.2) is 56.7 Å². The molecule has 4 aromatic heterocycles. The van der Waals surface area contributed by atoms with E-state index in [9.17, 15) is 14.7 Å². The average Bonchev–Trinajstić information content (AvgIpc) is 2.83. The highest BCUT2D eigenvalue weighted by Gasteiger charge is 2.19. The number of nitrogens with zero attached hydrogens (tertiary/aromatic N) is 3. The van der Waals surface area contributed by atoms with Crippen molar-refractivity contribution in [2.75, 3.05) is 0 Å². The van der Waals surface area contributed by atoms with Crippen molar-refractivity contribution >= 4 is 34.2 Å². The number of nitrogens with one attached hydrogen (secondary N) is 1. The molecule has 0 bridgehead atoms. The lowest BCUT2D eigenvalue weighted by molar-refractivity contribution is 0.469. The van der Waals surface area contributed by atoms with Crippen LogP contribution >= 0.6 is 12.2 Å². The second-order valence-corrected chi connectivity index (χ2v) is 8.57. The molecule has 9 heteroatoms. The van der Waals surface area contributed by atoms with Crippen LogP contribution in [0.4, 0.5) is 0 Å². The summed E-state index contributed by atoms with van der Waals surface area (Å²) < 4.78 is 7.42. The van der Waals surface area contributed by atoms with Crippen molar-refractivity contribution in [3.05, 3.63) is 90.5 Å². The van der Waals surface area contributed by atoms with Gasteiger partial charge in [0.2, 0.25) is 0 Å². The highest BCUT2D eigenvalue weighted by atomic mass is 32.1. The van der Waals surface area contributed by atoms with Crippen molar-refractivity contribution in [2.45, 2.75) is 27.3 Å². The van der Waals surface area contributed by atoms with E-state index in [0.29, 0.717) is 50.9 Å². The predicted molar refractivity (Wildman–Crippen MR) is 132 cm³/mol. The minimum atomic E-state index is -0.433. The molecule has 34 heavy (non-hydrogen) atoms. The van der Waals surface area contributed by atoms with E-state index < -0.39 is 5.63 Å². The largest absolute Gasteiger partial charge is 0.507 e. The number of rotatable bonds is 3. The molecule has 2 N–H and O–H groups in total. The molecule has 0 saturated heterocycles. The molecule has 0 spiro atoms. The number of pyridine rings is 2. The van der Waals surface area contributed by atoms with Crippen LogP contribution in [-0.2, 0) is 6.54 Å². The zero-order chi connectivity index (χ0) is 24.1. The number of H-pyrrole nitrogens is 1. The summed E-state index contributed by atoms with van der Waals surface area (Å²) in [6.45, 7) is 5.60. The quantitative estimate of drug-likeness (QED) is 0.297. The van der Waals surface area contributed by atoms with Gasteiger partial charge in [-0.05, 0) is 68.4 Å². The van der Waals surface area contributed by atoms with Crippen molar-refractivity contribution in [2.24, 2.45) is 0 Å². The van der Waals surface area contributed by atoms with Gasteiger partial charge in [-0.1, -0.05) is 6.07 Å². The number of aromatic nitrogens is 4. The number of fused-ring (bicyclic) bond motifs is 2. The third-order valence-electron chi connectivity index (χ3n) is 6.13. The van der Waals surface area contributed by atoms with Gasteiger partial charge in [-0.3, -0.25) is 19.3 Å². The lowest BCUT2D eigenvalue weighted by Gasteiger charge is -2.14. The van der Waals surface area contributed by atoms with E-state index in [-0.39, 0.29) is 16.1 Å². The highest BCUT2D eigenvalue weighted by molar-refractivity contribution is 7.71. The number of aromatic amines is 1. The van der Waals surface area contributed by atoms with E-state index in [0.717, 1.165) is 11.1 Å². The summed E-state index contributed by atoms with van der Waals surface area (Å²) in [5.74, 6) is -0.0481. The Hall–Kier alpha value is -4.11. The fourth-order valence-electron chi connectivity index (χ4n) is 4.05. The average molecular weight is 473 g/mol. The number of hydrogen-bond acceptors (Lipinski definition) is 7. The van der Waals surface area contributed by atoms with E-state index in [4.69, 9.17) is 21.6 Å². The van der Waals surface area contributed by atoms with Crippen molar-refractivity contribution in [3.8, 4) is 17.0 Å². The molecule has 5 aromatic rings. The Balaban J connectivity index is 1.79. The van der Waals surface area contributed by atoms with Gasteiger partial charge in [0.15, 0.2) is 4.77 Å². The first kappa shape index (κ1) is 21.7. The van der Waals surface area contributed by atoms with E-state index in [1.165, 1.54) is 0 Å². The Morgan fingerprint density at radius 3 is 2.62 bits per heavy atom. The lowest BCUT2D eigenvalue weighted by Crippen LogP contribution is -2.16. The summed E-state index contributed by atoms with van der Waals surface area (Å²) in [4.78, 5) is 36.3. The van der Waals surface area contributed by atoms with Gasteiger partial charge in [-0.25, -0.2) is 9.78 Å². The summed E-state index contributed by atoms with van der Waals surface area (Å²) in [7, 11) is 0. The van der Waals surface area contributed by atoms with Crippen LogP contribution in [0.1, 0.15) is 22.3 Å². The molecule has 8 nitrogen and oxygen atoms in total. The standard InChI is InChI=1S/C25H20N4O4S/c1-12-13(2)24(32)33-21-14(3)20(30)18(9-17(12)21)19-7-6-16-22(27-19)29(25(34)28-23(16)31)11-15-5-4-8-26-10-15/h4-10,30H,11H2,1-3H3,(H,28,31,34). The maximum absolute atomic E-state index is 12.6. The zero-order valence-corrected chi connectivity index (χ0v) is 19.5. The van der Waals surface area contributed by atoms with Gasteiger partial charge < -0.3 is 9.52 Å². The normalized spacial score (nSPS) is 11.4. The van der Waals surface area contributed by atoms with E-state index in [1.54, 1.807) is 49.0 Å². The number of hydrogen-bond donors (Lipinski definition) is 2. The third-order valence-corrected chi connectivity index (χ3v) is 6.45. The molecule has 0 atom stereocenters. The Labute approximate surface area is 198 Å². The molecule has 0 aliphatic heterocycles. The SMILES string of the molecule is Cc1c(C)c2cc(-c3ccc4c(=O)[nH]c(=S)n(Cc5cccnc5)c4n3)c(O)c(C)c2oc1=O. The summed E-state index contributed by atoms with van der Waals surface area (Å²) in [6.07, 6.45) is 3.40. The van der Waals surface area contributed by atoms with Gasteiger partial charge >= 0.3 is 5.63 Å². The number of benzene rings is 1. The van der Waals surface area contributed by atoms with Gasteiger partial charge in [0.25, 0.3) is 5.56 Å². The Bertz CT molecular complexity index is 1790. The van der Waals surface area contributed by atoms with Gasteiger partial charge in [-0.2, -0.15) is 0 Å². The molecule has 4 heterocycles. The summed E-state index contributed by atoms with van der Waals surface area (Å²) in [5, 5.41) is 12.1. The Morgan fingerprint density at radius 1 is 1.09 bits per heavy atom. The van der Waals surface area contributed by atoms with Crippen molar-refractivity contribution < 1.29 is 9.52 Å². The first-order valence-corrected chi connectivity index (χ1v) is 11.0. The van der Waals surface area contributed by atoms with Crippen LogP contribution in [-0.4, -0.2) is 24.6 Å². The minimum absolute atomic E-state index is 0.0481. The molecule has 1 aromatic carbocycles. The second-order valence-electron chi connectivity index (χ2n) is 8.19. The molecule has 170 valence electrons. The maximum atomic E-state index is 12.6. The summed E-state index contributed by atoms with van der Waals surface area (Å²) in [6, 6.07) is 8.82. The predicted octanol–water partition coefficient (Wildman–Crippen LogP) is 4.30. The second kappa shape index (κ2) is 8.03. The van der Waals surface area contributed by atoms with E-state index >= 15 is 0 Å². The minimum Gasteiger partial charge on any atom is -0.507 e. The molecular weight excluding hydrogens is 452 g/mol. The first-order valence-electron chi connectivity index (χ1n) is 10.6. The number of phenolic OH excluding ortho intramolecular Hbond substituents is 1.